The van der Waals surface area contributed by atoms with Crippen molar-refractivity contribution in [1.82, 2.24) is 19.7 Å². The zero-order valence-corrected chi connectivity index (χ0v) is 18.4. The van der Waals surface area contributed by atoms with Crippen molar-refractivity contribution in [2.24, 2.45) is 0 Å². The summed E-state index contributed by atoms with van der Waals surface area (Å²) in [6, 6.07) is 11.4. The molecule has 2 aromatic heterocycles. The molecular weight excluding hydrogens is 404 g/mol. The highest BCUT2D eigenvalue weighted by atomic mass is 16.5. The summed E-state index contributed by atoms with van der Waals surface area (Å²) in [5, 5.41) is 15.5. The number of likely N-dealkylation sites (tertiary alicyclic amines) is 1. The van der Waals surface area contributed by atoms with E-state index in [9.17, 15) is 9.90 Å². The second-order valence-corrected chi connectivity index (χ2v) is 8.87. The highest BCUT2D eigenvalue weighted by Gasteiger charge is 2.29. The quantitative estimate of drug-likeness (QED) is 0.520. The molecule has 1 aliphatic carbocycles. The van der Waals surface area contributed by atoms with Gasteiger partial charge in [0.05, 0.1) is 23.4 Å². The number of ether oxygens (including phenoxy) is 1. The molecule has 1 aromatic carbocycles. The highest BCUT2D eigenvalue weighted by Crippen LogP contribution is 2.42. The summed E-state index contributed by atoms with van der Waals surface area (Å²) in [4.78, 5) is 18.8. The van der Waals surface area contributed by atoms with E-state index in [1.165, 1.54) is 38.8 Å². The van der Waals surface area contributed by atoms with Gasteiger partial charge in [-0.15, -0.1) is 0 Å². The molecule has 5 rings (SSSR count). The van der Waals surface area contributed by atoms with Gasteiger partial charge < -0.3 is 14.7 Å². The Balaban J connectivity index is 1.49. The lowest BCUT2D eigenvalue weighted by atomic mass is 9.82. The van der Waals surface area contributed by atoms with Crippen LogP contribution in [0.1, 0.15) is 67.0 Å². The molecule has 0 spiro atoms. The van der Waals surface area contributed by atoms with Crippen LogP contribution in [0, 0.1) is 0 Å². The second kappa shape index (κ2) is 9.28. The number of carboxylic acids is 1. The van der Waals surface area contributed by atoms with Crippen molar-refractivity contribution < 1.29 is 14.6 Å². The third-order valence-electron chi connectivity index (χ3n) is 6.67. The van der Waals surface area contributed by atoms with E-state index < -0.39 is 5.97 Å². The Hall–Kier alpha value is -2.93. The van der Waals surface area contributed by atoms with Gasteiger partial charge in [0.1, 0.15) is 5.75 Å². The molecule has 1 saturated heterocycles. The molecule has 0 unspecified atom stereocenters. The topological polar surface area (TPSA) is 80.5 Å². The maximum atomic E-state index is 11.8. The molecule has 7 nitrogen and oxygen atoms in total. The molecule has 32 heavy (non-hydrogen) atoms. The molecule has 2 fully saturated rings. The van der Waals surface area contributed by atoms with Crippen LogP contribution in [-0.2, 0) is 0 Å². The number of pyridine rings is 1. The molecule has 1 saturated carbocycles. The number of benzene rings is 1. The molecule has 0 atom stereocenters. The molecule has 3 aromatic rings. The summed E-state index contributed by atoms with van der Waals surface area (Å²) in [6.07, 6.45) is 8.17. The zero-order chi connectivity index (χ0) is 21.9. The van der Waals surface area contributed by atoms with E-state index in [2.05, 4.69) is 9.88 Å². The van der Waals surface area contributed by atoms with E-state index >= 15 is 0 Å². The number of fused-ring (bicyclic) bond motifs is 1. The van der Waals surface area contributed by atoms with E-state index in [0.29, 0.717) is 23.9 Å². The van der Waals surface area contributed by atoms with Crippen LogP contribution in [0.3, 0.4) is 0 Å². The molecule has 3 heterocycles. The van der Waals surface area contributed by atoms with Gasteiger partial charge in [0.25, 0.3) is 0 Å². The molecule has 0 amide bonds. The molecule has 0 bridgehead atoms. The third-order valence-corrected chi connectivity index (χ3v) is 6.67. The molecule has 0 radical (unpaired) electrons. The first-order valence-electron chi connectivity index (χ1n) is 11.8. The van der Waals surface area contributed by atoms with Crippen LogP contribution in [0.15, 0.2) is 36.4 Å². The molecule has 1 aliphatic heterocycles. The van der Waals surface area contributed by atoms with Gasteiger partial charge in [0.2, 0.25) is 0 Å². The van der Waals surface area contributed by atoms with Gasteiger partial charge in [-0.1, -0.05) is 31.0 Å². The maximum absolute atomic E-state index is 11.8. The lowest BCUT2D eigenvalue weighted by Gasteiger charge is -2.26. The van der Waals surface area contributed by atoms with Crippen molar-refractivity contribution in [2.75, 3.05) is 26.2 Å². The standard InChI is InChI=1S/C25H30N4O3/c30-25(31)20-17-21(32-16-8-15-28-13-5-2-6-14-28)22-23(18-9-7-10-18)27-29(24(22)26-20)19-11-3-1-4-12-19/h1,3-4,11-12,17-18H,2,5-10,13-16H2,(H,30,31). The van der Waals surface area contributed by atoms with Gasteiger partial charge in [0, 0.05) is 18.5 Å². The fourth-order valence-corrected chi connectivity index (χ4v) is 4.70. The van der Waals surface area contributed by atoms with E-state index in [4.69, 9.17) is 9.84 Å². The van der Waals surface area contributed by atoms with Crippen molar-refractivity contribution in [1.29, 1.82) is 0 Å². The number of piperidine rings is 1. The Bertz CT molecular complexity index is 1090. The predicted octanol–water partition coefficient (Wildman–Crippen LogP) is 4.64. The smallest absolute Gasteiger partial charge is 0.354 e. The van der Waals surface area contributed by atoms with Crippen LogP contribution >= 0.6 is 0 Å². The lowest BCUT2D eigenvalue weighted by Crippen LogP contribution is -2.31. The summed E-state index contributed by atoms with van der Waals surface area (Å²) in [6.45, 7) is 3.89. The fourth-order valence-electron chi connectivity index (χ4n) is 4.70. The van der Waals surface area contributed by atoms with Crippen LogP contribution in [-0.4, -0.2) is 57.0 Å². The molecule has 1 N–H and O–H groups in total. The van der Waals surface area contributed by atoms with Crippen LogP contribution < -0.4 is 4.74 Å². The predicted molar refractivity (Wildman–Crippen MR) is 123 cm³/mol. The molecule has 7 heteroatoms. The van der Waals surface area contributed by atoms with E-state index in [1.807, 2.05) is 30.3 Å². The number of hydrogen-bond acceptors (Lipinski definition) is 5. The number of hydrogen-bond donors (Lipinski definition) is 1. The van der Waals surface area contributed by atoms with Crippen LogP contribution in [0.5, 0.6) is 5.75 Å². The van der Waals surface area contributed by atoms with Crippen molar-refractivity contribution in [3.8, 4) is 11.4 Å². The van der Waals surface area contributed by atoms with Crippen LogP contribution in [0.25, 0.3) is 16.7 Å². The Labute approximate surface area is 188 Å². The van der Waals surface area contributed by atoms with Gasteiger partial charge in [-0.25, -0.2) is 14.5 Å². The van der Waals surface area contributed by atoms with Gasteiger partial charge in [-0.05, 0) is 57.3 Å². The zero-order valence-electron chi connectivity index (χ0n) is 18.4. The third kappa shape index (κ3) is 4.21. The van der Waals surface area contributed by atoms with Crippen molar-refractivity contribution in [3.63, 3.8) is 0 Å². The number of rotatable bonds is 8. The summed E-state index contributed by atoms with van der Waals surface area (Å²) < 4.78 is 8.00. The summed E-state index contributed by atoms with van der Waals surface area (Å²) in [5.74, 6) is -0.0955. The Morgan fingerprint density at radius 3 is 2.56 bits per heavy atom. The second-order valence-electron chi connectivity index (χ2n) is 8.87. The first-order chi connectivity index (χ1) is 15.7. The monoisotopic (exact) mass is 434 g/mol. The summed E-state index contributed by atoms with van der Waals surface area (Å²) in [5.41, 5.74) is 2.39. The summed E-state index contributed by atoms with van der Waals surface area (Å²) in [7, 11) is 0. The number of carbonyl (C=O) groups is 1. The Kier molecular flexibility index (Phi) is 6.08. The minimum atomic E-state index is -1.06. The normalized spacial score (nSPS) is 17.4. The minimum Gasteiger partial charge on any atom is -0.493 e. The van der Waals surface area contributed by atoms with Crippen molar-refractivity contribution in [2.45, 2.75) is 50.9 Å². The number of aromatic carboxylic acids is 1. The average molecular weight is 435 g/mol. The van der Waals surface area contributed by atoms with Gasteiger partial charge >= 0.3 is 5.97 Å². The number of para-hydroxylation sites is 1. The van der Waals surface area contributed by atoms with E-state index in [-0.39, 0.29) is 5.69 Å². The van der Waals surface area contributed by atoms with Gasteiger partial charge in [0.15, 0.2) is 11.3 Å². The lowest BCUT2D eigenvalue weighted by molar-refractivity contribution is 0.0690. The Morgan fingerprint density at radius 1 is 1.09 bits per heavy atom. The van der Waals surface area contributed by atoms with Crippen molar-refractivity contribution >= 4 is 17.0 Å². The van der Waals surface area contributed by atoms with Crippen molar-refractivity contribution in [3.05, 3.63) is 47.8 Å². The largest absolute Gasteiger partial charge is 0.493 e. The van der Waals surface area contributed by atoms with E-state index in [1.54, 1.807) is 10.7 Å². The first kappa shape index (κ1) is 20.9. The maximum Gasteiger partial charge on any atom is 0.354 e. The first-order valence-corrected chi connectivity index (χ1v) is 11.8. The average Bonchev–Trinajstić information content (AvgIpc) is 3.16. The number of carboxylic acid groups (broad SMARTS) is 1. The SMILES string of the molecule is O=C(O)c1cc(OCCCN2CCCCC2)c2c(C3CCC3)nn(-c3ccccc3)c2n1. The molecular formula is C25H30N4O3. The fraction of sp³-hybridized carbons (Fsp3) is 0.480. The van der Waals surface area contributed by atoms with Gasteiger partial charge in [-0.2, -0.15) is 5.10 Å². The van der Waals surface area contributed by atoms with E-state index in [0.717, 1.165) is 42.6 Å². The highest BCUT2D eigenvalue weighted by molar-refractivity contribution is 5.94. The summed E-state index contributed by atoms with van der Waals surface area (Å²) >= 11 is 0. The van der Waals surface area contributed by atoms with Crippen LogP contribution in [0.2, 0.25) is 0 Å². The van der Waals surface area contributed by atoms with Crippen LogP contribution in [0.4, 0.5) is 0 Å². The van der Waals surface area contributed by atoms with Gasteiger partial charge in [-0.3, -0.25) is 0 Å². The molecule has 168 valence electrons. The minimum absolute atomic E-state index is 0.0132. The Morgan fingerprint density at radius 2 is 1.88 bits per heavy atom. The molecule has 2 aliphatic rings. The number of aromatic nitrogens is 3. The number of nitrogens with zero attached hydrogens (tertiary/aromatic N) is 4.